The molecule has 24 heavy (non-hydrogen) atoms. The van der Waals surface area contributed by atoms with Crippen molar-refractivity contribution in [2.45, 2.75) is 38.9 Å². The first kappa shape index (κ1) is 18.2. The number of carbonyl (C=O) groups is 1. The van der Waals surface area contributed by atoms with Gasteiger partial charge in [-0.3, -0.25) is 14.8 Å². The molecule has 0 radical (unpaired) electrons. The van der Waals surface area contributed by atoms with Crippen molar-refractivity contribution in [2.75, 3.05) is 0 Å². The first-order valence-corrected chi connectivity index (χ1v) is 8.03. The number of allylic oxidation sites excluding steroid dienone is 1. The molecule has 2 aromatic rings. The molecule has 0 aliphatic rings. The first-order valence-electron chi connectivity index (χ1n) is 7.65. The van der Waals surface area contributed by atoms with Gasteiger partial charge in [-0.25, -0.2) is 0 Å². The van der Waals surface area contributed by atoms with Gasteiger partial charge >= 0.3 is 0 Å². The Kier molecular flexibility index (Phi) is 5.75. The molecule has 7 heteroatoms. The van der Waals surface area contributed by atoms with Crippen molar-refractivity contribution in [3.05, 3.63) is 58.9 Å². The van der Waals surface area contributed by atoms with E-state index in [-0.39, 0.29) is 0 Å². The number of aryl methyl sites for hydroxylation is 1. The van der Waals surface area contributed by atoms with Crippen LogP contribution in [0.1, 0.15) is 31.5 Å². The van der Waals surface area contributed by atoms with Crippen molar-refractivity contribution >= 4 is 17.5 Å². The van der Waals surface area contributed by atoms with Crippen molar-refractivity contribution in [3.63, 3.8) is 0 Å². The molecule has 1 aromatic carbocycles. The number of hydrogen-bond acceptors (Lipinski definition) is 4. The molecule has 0 spiro atoms. The second kappa shape index (κ2) is 7.59. The number of amides is 1. The Hall–Kier alpha value is -2.18. The van der Waals surface area contributed by atoms with E-state index in [0.29, 0.717) is 17.1 Å². The number of rotatable bonds is 8. The highest BCUT2D eigenvalue weighted by atomic mass is 35.5. The summed E-state index contributed by atoms with van der Waals surface area (Å²) in [5, 5.41) is 11.9. The highest BCUT2D eigenvalue weighted by Crippen LogP contribution is 2.24. The lowest BCUT2D eigenvalue weighted by molar-refractivity contribution is -0.124. The Balaban J connectivity index is 2.09. The fourth-order valence-corrected chi connectivity index (χ4v) is 2.42. The molecule has 0 aliphatic carbocycles. The number of halogens is 1. The predicted octanol–water partition coefficient (Wildman–Crippen LogP) is 2.39. The van der Waals surface area contributed by atoms with Crippen LogP contribution in [0.15, 0.2) is 42.6 Å². The van der Waals surface area contributed by atoms with Gasteiger partial charge < -0.3 is 5.73 Å². The summed E-state index contributed by atoms with van der Waals surface area (Å²) in [5.41, 5.74) is 7.08. The molecule has 0 aliphatic heterocycles. The molecule has 0 saturated carbocycles. The highest BCUT2D eigenvalue weighted by Gasteiger charge is 2.33. The molecule has 2 rings (SSSR count). The van der Waals surface area contributed by atoms with Gasteiger partial charge in [-0.05, 0) is 38.0 Å². The van der Waals surface area contributed by atoms with Gasteiger partial charge in [0.25, 0.3) is 0 Å². The third kappa shape index (κ3) is 4.43. The number of benzene rings is 1. The molecule has 1 aromatic heterocycles. The van der Waals surface area contributed by atoms with Crippen LogP contribution in [0.2, 0.25) is 5.02 Å². The summed E-state index contributed by atoms with van der Waals surface area (Å²) in [4.78, 5) is 12.0. The Labute approximate surface area is 146 Å². The Morgan fingerprint density at radius 1 is 1.50 bits per heavy atom. The maximum atomic E-state index is 12.0. The summed E-state index contributed by atoms with van der Waals surface area (Å²) < 4.78 is 1.76. The molecule has 1 atom stereocenters. The van der Waals surface area contributed by atoms with Crippen LogP contribution in [0.3, 0.4) is 0 Å². The highest BCUT2D eigenvalue weighted by molar-refractivity contribution is 6.30. The fraction of sp³-hybridized carbons (Fsp3) is 0.353. The fourth-order valence-electron chi connectivity index (χ4n) is 2.23. The molecule has 1 unspecified atom stereocenters. The van der Waals surface area contributed by atoms with Crippen LogP contribution in [0, 0.1) is 0 Å². The zero-order chi connectivity index (χ0) is 17.7. The minimum Gasteiger partial charge on any atom is -0.368 e. The third-order valence-electron chi connectivity index (χ3n) is 3.87. The van der Waals surface area contributed by atoms with Crippen molar-refractivity contribution in [1.82, 2.24) is 20.3 Å². The van der Waals surface area contributed by atoms with Crippen molar-refractivity contribution in [2.24, 2.45) is 5.73 Å². The second-order valence-electron chi connectivity index (χ2n) is 6.03. The molecule has 3 N–H and O–H groups in total. The van der Waals surface area contributed by atoms with Gasteiger partial charge in [0.05, 0.1) is 5.69 Å². The number of primary amides is 1. The van der Waals surface area contributed by atoms with Gasteiger partial charge in [-0.1, -0.05) is 34.5 Å². The second-order valence-corrected chi connectivity index (χ2v) is 6.47. The predicted molar refractivity (Wildman–Crippen MR) is 94.3 cm³/mol. The third-order valence-corrected chi connectivity index (χ3v) is 4.11. The first-order chi connectivity index (χ1) is 11.3. The van der Waals surface area contributed by atoms with Gasteiger partial charge in [0, 0.05) is 24.3 Å². The normalized spacial score (nSPS) is 13.5. The monoisotopic (exact) mass is 347 g/mol. The molecular weight excluding hydrogens is 326 g/mol. The van der Waals surface area contributed by atoms with E-state index < -0.39 is 11.4 Å². The molecule has 6 nitrogen and oxygen atoms in total. The van der Waals surface area contributed by atoms with Crippen LogP contribution >= 0.6 is 11.6 Å². The molecule has 128 valence electrons. The van der Waals surface area contributed by atoms with E-state index in [1.807, 2.05) is 19.2 Å². The van der Waals surface area contributed by atoms with Crippen molar-refractivity contribution < 1.29 is 4.79 Å². The SMILES string of the molecule is C=C(C)CCn1cc(CNC(C)(C(N)=O)c2cccc(Cl)c2)nn1. The summed E-state index contributed by atoms with van der Waals surface area (Å²) in [6, 6.07) is 7.07. The van der Waals surface area contributed by atoms with Crippen LogP contribution in [0.25, 0.3) is 0 Å². The molecule has 1 heterocycles. The Morgan fingerprint density at radius 3 is 2.88 bits per heavy atom. The molecule has 0 fully saturated rings. The average Bonchev–Trinajstić information content (AvgIpc) is 2.98. The summed E-state index contributed by atoms with van der Waals surface area (Å²) in [6.07, 6.45) is 2.69. The van der Waals surface area contributed by atoms with E-state index in [1.165, 1.54) is 0 Å². The van der Waals surface area contributed by atoms with Gasteiger partial charge in [0.15, 0.2) is 0 Å². The molecule has 1 amide bonds. The Morgan fingerprint density at radius 2 is 2.25 bits per heavy atom. The van der Waals surface area contributed by atoms with E-state index in [2.05, 4.69) is 22.2 Å². The molecular formula is C17H22ClN5O. The lowest BCUT2D eigenvalue weighted by Gasteiger charge is -2.28. The van der Waals surface area contributed by atoms with Crippen molar-refractivity contribution in [1.29, 1.82) is 0 Å². The number of nitrogens with one attached hydrogen (secondary N) is 1. The van der Waals surface area contributed by atoms with Gasteiger partial charge in [0.2, 0.25) is 5.91 Å². The van der Waals surface area contributed by atoms with Crippen LogP contribution < -0.4 is 11.1 Å². The number of nitrogens with zero attached hydrogens (tertiary/aromatic N) is 3. The number of aromatic nitrogens is 3. The maximum absolute atomic E-state index is 12.0. The summed E-state index contributed by atoms with van der Waals surface area (Å²) >= 11 is 6.02. The van der Waals surface area contributed by atoms with Gasteiger partial charge in [0.1, 0.15) is 5.54 Å². The maximum Gasteiger partial charge on any atom is 0.242 e. The van der Waals surface area contributed by atoms with Gasteiger partial charge in [-0.2, -0.15) is 0 Å². The van der Waals surface area contributed by atoms with E-state index in [1.54, 1.807) is 29.8 Å². The standard InChI is InChI=1S/C17H22ClN5O/c1-12(2)7-8-23-11-15(21-22-23)10-20-17(3,16(19)24)13-5-4-6-14(18)9-13/h4-6,9,11,20H,1,7-8,10H2,2-3H3,(H2,19,24). The van der Waals surface area contributed by atoms with Crippen LogP contribution in [0.4, 0.5) is 0 Å². The van der Waals surface area contributed by atoms with E-state index in [9.17, 15) is 4.79 Å². The summed E-state index contributed by atoms with van der Waals surface area (Å²) in [7, 11) is 0. The number of hydrogen-bond donors (Lipinski definition) is 2. The zero-order valence-corrected chi connectivity index (χ0v) is 14.7. The largest absolute Gasteiger partial charge is 0.368 e. The topological polar surface area (TPSA) is 85.8 Å². The zero-order valence-electron chi connectivity index (χ0n) is 13.9. The molecule has 0 saturated heterocycles. The quantitative estimate of drug-likeness (QED) is 0.718. The minimum atomic E-state index is -1.05. The smallest absolute Gasteiger partial charge is 0.242 e. The average molecular weight is 348 g/mol. The number of nitrogens with two attached hydrogens (primary N) is 1. The van der Waals surface area contributed by atoms with Gasteiger partial charge in [-0.15, -0.1) is 11.7 Å². The van der Waals surface area contributed by atoms with E-state index in [0.717, 1.165) is 24.2 Å². The van der Waals surface area contributed by atoms with Crippen LogP contribution in [-0.2, 0) is 23.4 Å². The lowest BCUT2D eigenvalue weighted by atomic mass is 9.91. The summed E-state index contributed by atoms with van der Waals surface area (Å²) in [6.45, 7) is 8.66. The van der Waals surface area contributed by atoms with Crippen LogP contribution in [0.5, 0.6) is 0 Å². The Bertz CT molecular complexity index is 742. The van der Waals surface area contributed by atoms with Crippen molar-refractivity contribution in [3.8, 4) is 0 Å². The van der Waals surface area contributed by atoms with E-state index >= 15 is 0 Å². The van der Waals surface area contributed by atoms with E-state index in [4.69, 9.17) is 17.3 Å². The summed E-state index contributed by atoms with van der Waals surface area (Å²) in [5.74, 6) is -0.487. The lowest BCUT2D eigenvalue weighted by Crippen LogP contribution is -2.50. The minimum absolute atomic E-state index is 0.360. The van der Waals surface area contributed by atoms with Crippen LogP contribution in [-0.4, -0.2) is 20.9 Å². The number of carbonyl (C=O) groups excluding carboxylic acids is 1. The molecule has 0 bridgehead atoms.